The molecule has 0 spiro atoms. The third kappa shape index (κ3) is 2.42. The Morgan fingerprint density at radius 3 is 2.64 bits per heavy atom. The fourth-order valence-electron chi connectivity index (χ4n) is 2.85. The van der Waals surface area contributed by atoms with Gasteiger partial charge in [0.05, 0.1) is 24.4 Å². The van der Waals surface area contributed by atoms with Gasteiger partial charge in [-0.15, -0.1) is 0 Å². The van der Waals surface area contributed by atoms with Gasteiger partial charge in [0.15, 0.2) is 0 Å². The molecule has 3 heterocycles. The molecule has 22 heavy (non-hydrogen) atoms. The van der Waals surface area contributed by atoms with E-state index < -0.39 is 0 Å². The largest absolute Gasteiger partial charge is 0.378 e. The summed E-state index contributed by atoms with van der Waals surface area (Å²) >= 11 is 0. The molecule has 1 saturated heterocycles. The number of nitrogens with zero attached hydrogens (tertiary/aromatic N) is 3. The molecule has 3 aromatic rings. The van der Waals surface area contributed by atoms with Crippen LogP contribution in [0.3, 0.4) is 0 Å². The third-order valence-electron chi connectivity index (χ3n) is 3.98. The monoisotopic (exact) mass is 291 g/mol. The van der Waals surface area contributed by atoms with Crippen LogP contribution in [0.5, 0.6) is 0 Å². The average Bonchev–Trinajstić information content (AvgIpc) is 2.62. The number of fused-ring (bicyclic) bond motifs is 1. The number of hydrogen-bond acceptors (Lipinski definition) is 4. The summed E-state index contributed by atoms with van der Waals surface area (Å²) in [5, 5.41) is 1.14. The summed E-state index contributed by atoms with van der Waals surface area (Å²) < 4.78 is 5.41. The molecule has 4 heteroatoms. The van der Waals surface area contributed by atoms with Crippen LogP contribution in [0.1, 0.15) is 0 Å². The lowest BCUT2D eigenvalue weighted by Gasteiger charge is -2.28. The fourth-order valence-corrected chi connectivity index (χ4v) is 2.85. The first kappa shape index (κ1) is 13.2. The van der Waals surface area contributed by atoms with E-state index in [1.165, 1.54) is 0 Å². The number of ether oxygens (including phenoxy) is 1. The van der Waals surface area contributed by atoms with E-state index in [0.29, 0.717) is 0 Å². The first-order valence-corrected chi connectivity index (χ1v) is 7.56. The zero-order valence-corrected chi connectivity index (χ0v) is 12.3. The number of para-hydroxylation sites is 1. The van der Waals surface area contributed by atoms with E-state index in [2.05, 4.69) is 46.3 Å². The van der Waals surface area contributed by atoms with Crippen LogP contribution in [-0.4, -0.2) is 36.3 Å². The highest BCUT2D eigenvalue weighted by molar-refractivity contribution is 5.92. The van der Waals surface area contributed by atoms with Crippen molar-refractivity contribution in [2.75, 3.05) is 31.2 Å². The average molecular weight is 291 g/mol. The smallest absolute Gasteiger partial charge is 0.129 e. The second-order valence-electron chi connectivity index (χ2n) is 5.36. The summed E-state index contributed by atoms with van der Waals surface area (Å²) in [6, 6.07) is 16.4. The molecule has 2 aromatic heterocycles. The molecule has 0 saturated carbocycles. The Kier molecular flexibility index (Phi) is 3.45. The number of pyridine rings is 2. The van der Waals surface area contributed by atoms with Crippen LogP contribution in [-0.2, 0) is 4.74 Å². The lowest BCUT2D eigenvalue weighted by Crippen LogP contribution is -2.36. The molecular formula is C18H17N3O. The summed E-state index contributed by atoms with van der Waals surface area (Å²) in [6.07, 6.45) is 1.83. The van der Waals surface area contributed by atoms with E-state index in [9.17, 15) is 0 Å². The lowest BCUT2D eigenvalue weighted by molar-refractivity contribution is 0.122. The Morgan fingerprint density at radius 2 is 1.73 bits per heavy atom. The number of hydrogen-bond donors (Lipinski definition) is 0. The maximum absolute atomic E-state index is 5.41. The maximum Gasteiger partial charge on any atom is 0.129 e. The van der Waals surface area contributed by atoms with Crippen molar-refractivity contribution in [3.63, 3.8) is 0 Å². The second-order valence-corrected chi connectivity index (χ2v) is 5.36. The van der Waals surface area contributed by atoms with Crippen molar-refractivity contribution in [2.45, 2.75) is 0 Å². The van der Waals surface area contributed by atoms with Crippen LogP contribution in [0.25, 0.3) is 22.2 Å². The topological polar surface area (TPSA) is 38.2 Å². The molecule has 1 aromatic carbocycles. The standard InChI is InChI=1S/C18H17N3O/c1-4-14-5-3-9-19-18(14)15(6-1)16-7-2-8-17(20-16)21-10-12-22-13-11-21/h1-9H,10-13H2. The molecule has 0 bridgehead atoms. The van der Waals surface area contributed by atoms with Crippen LogP contribution >= 0.6 is 0 Å². The van der Waals surface area contributed by atoms with E-state index in [1.54, 1.807) is 0 Å². The van der Waals surface area contributed by atoms with Crippen molar-refractivity contribution >= 4 is 16.7 Å². The van der Waals surface area contributed by atoms with Crippen LogP contribution in [0.4, 0.5) is 5.82 Å². The van der Waals surface area contributed by atoms with Gasteiger partial charge in [-0.1, -0.05) is 30.3 Å². The van der Waals surface area contributed by atoms with Crippen molar-refractivity contribution in [1.82, 2.24) is 9.97 Å². The summed E-state index contributed by atoms with van der Waals surface area (Å²) in [6.45, 7) is 3.32. The Bertz CT molecular complexity index is 792. The quantitative estimate of drug-likeness (QED) is 0.727. The highest BCUT2D eigenvalue weighted by Crippen LogP contribution is 2.27. The first-order chi connectivity index (χ1) is 10.9. The van der Waals surface area contributed by atoms with Crippen molar-refractivity contribution in [2.24, 2.45) is 0 Å². The van der Waals surface area contributed by atoms with Gasteiger partial charge in [0.1, 0.15) is 5.82 Å². The van der Waals surface area contributed by atoms with Crippen LogP contribution in [0.15, 0.2) is 54.7 Å². The van der Waals surface area contributed by atoms with Gasteiger partial charge >= 0.3 is 0 Å². The molecule has 110 valence electrons. The highest BCUT2D eigenvalue weighted by Gasteiger charge is 2.13. The molecular weight excluding hydrogens is 274 g/mol. The van der Waals surface area contributed by atoms with E-state index in [0.717, 1.165) is 54.3 Å². The van der Waals surface area contributed by atoms with E-state index in [1.807, 2.05) is 18.3 Å². The Balaban J connectivity index is 1.78. The minimum Gasteiger partial charge on any atom is -0.378 e. The molecule has 4 rings (SSSR count). The van der Waals surface area contributed by atoms with E-state index >= 15 is 0 Å². The first-order valence-electron chi connectivity index (χ1n) is 7.56. The third-order valence-corrected chi connectivity index (χ3v) is 3.98. The number of anilines is 1. The van der Waals surface area contributed by atoms with Gasteiger partial charge in [0, 0.05) is 30.2 Å². The Labute approximate surface area is 129 Å². The molecule has 4 nitrogen and oxygen atoms in total. The molecule has 0 N–H and O–H groups in total. The van der Waals surface area contributed by atoms with Gasteiger partial charge in [-0.05, 0) is 18.2 Å². The molecule has 1 fully saturated rings. The lowest BCUT2D eigenvalue weighted by atomic mass is 10.1. The molecule has 0 atom stereocenters. The van der Waals surface area contributed by atoms with Gasteiger partial charge in [-0.25, -0.2) is 4.98 Å². The van der Waals surface area contributed by atoms with Crippen LogP contribution in [0, 0.1) is 0 Å². The number of benzene rings is 1. The van der Waals surface area contributed by atoms with Crippen molar-refractivity contribution in [1.29, 1.82) is 0 Å². The SMILES string of the molecule is c1cc(-c2cccc3cccnc23)nc(N2CCOCC2)c1. The normalized spacial score (nSPS) is 15.2. The summed E-state index contributed by atoms with van der Waals surface area (Å²) in [5.74, 6) is 1.01. The van der Waals surface area contributed by atoms with Gasteiger partial charge < -0.3 is 9.64 Å². The second kappa shape index (κ2) is 5.73. The van der Waals surface area contributed by atoms with Crippen molar-refractivity contribution in [3.8, 4) is 11.3 Å². The van der Waals surface area contributed by atoms with Crippen LogP contribution < -0.4 is 4.90 Å². The Morgan fingerprint density at radius 1 is 0.909 bits per heavy atom. The predicted molar refractivity (Wildman–Crippen MR) is 88.0 cm³/mol. The van der Waals surface area contributed by atoms with Gasteiger partial charge in [0.2, 0.25) is 0 Å². The molecule has 0 amide bonds. The maximum atomic E-state index is 5.41. The zero-order chi connectivity index (χ0) is 14.8. The van der Waals surface area contributed by atoms with Gasteiger partial charge in [-0.2, -0.15) is 0 Å². The minimum absolute atomic E-state index is 0.766. The zero-order valence-electron chi connectivity index (χ0n) is 12.3. The molecule has 0 radical (unpaired) electrons. The predicted octanol–water partition coefficient (Wildman–Crippen LogP) is 3.13. The van der Waals surface area contributed by atoms with Gasteiger partial charge in [0.25, 0.3) is 0 Å². The number of aromatic nitrogens is 2. The van der Waals surface area contributed by atoms with Crippen molar-refractivity contribution < 1.29 is 4.74 Å². The van der Waals surface area contributed by atoms with E-state index in [-0.39, 0.29) is 0 Å². The number of morpholine rings is 1. The summed E-state index contributed by atoms with van der Waals surface area (Å²) in [4.78, 5) is 11.6. The van der Waals surface area contributed by atoms with E-state index in [4.69, 9.17) is 9.72 Å². The molecule has 0 unspecified atom stereocenters. The Hall–Kier alpha value is -2.46. The summed E-state index contributed by atoms with van der Waals surface area (Å²) in [7, 11) is 0. The molecule has 1 aliphatic heterocycles. The summed E-state index contributed by atoms with van der Waals surface area (Å²) in [5.41, 5.74) is 3.04. The van der Waals surface area contributed by atoms with Crippen molar-refractivity contribution in [3.05, 3.63) is 54.7 Å². The molecule has 0 aliphatic carbocycles. The molecule has 1 aliphatic rings. The fraction of sp³-hybridized carbons (Fsp3) is 0.222. The van der Waals surface area contributed by atoms with Crippen LogP contribution in [0.2, 0.25) is 0 Å². The van der Waals surface area contributed by atoms with Gasteiger partial charge in [-0.3, -0.25) is 4.98 Å². The number of rotatable bonds is 2. The minimum atomic E-state index is 0.766. The highest BCUT2D eigenvalue weighted by atomic mass is 16.5.